The van der Waals surface area contributed by atoms with E-state index in [1.807, 2.05) is 0 Å². The van der Waals surface area contributed by atoms with Crippen LogP contribution in [0.4, 0.5) is 28.0 Å². The number of carbonyl (C=O) groups excluding carboxylic acids is 1. The number of anilines is 1. The van der Waals surface area contributed by atoms with E-state index < -0.39 is 23.9 Å². The van der Waals surface area contributed by atoms with Crippen LogP contribution >= 0.6 is 0 Å². The summed E-state index contributed by atoms with van der Waals surface area (Å²) < 4.78 is 51.1. The first-order valence-electron chi connectivity index (χ1n) is 7.60. The number of aromatic amines is 1. The van der Waals surface area contributed by atoms with Crippen molar-refractivity contribution in [3.05, 3.63) is 24.3 Å². The van der Waals surface area contributed by atoms with Crippen LogP contribution in [0.15, 0.2) is 18.5 Å². The number of pyridine rings is 1. The molecule has 24 heavy (non-hydrogen) atoms. The standard InChI is InChI=1S/C15H16F4N4O/c16-9-5-11-12(7-21-13(11)20-6-9)23-14(24)22-10-3-1-8(2-4-10)15(17,18)19/h5-8,10H,1-4H2,(H,20,21)(H2,22,23,24). The van der Waals surface area contributed by atoms with Gasteiger partial charge in [-0.3, -0.25) is 0 Å². The van der Waals surface area contributed by atoms with Gasteiger partial charge in [-0.15, -0.1) is 0 Å². The maximum atomic E-state index is 13.2. The highest BCUT2D eigenvalue weighted by Gasteiger charge is 2.41. The van der Waals surface area contributed by atoms with Gasteiger partial charge in [-0.1, -0.05) is 0 Å². The largest absolute Gasteiger partial charge is 0.391 e. The lowest BCUT2D eigenvalue weighted by Crippen LogP contribution is -2.41. The summed E-state index contributed by atoms with van der Waals surface area (Å²) in [4.78, 5) is 18.7. The minimum atomic E-state index is -4.17. The number of rotatable bonds is 2. The highest BCUT2D eigenvalue weighted by Crippen LogP contribution is 2.37. The van der Waals surface area contributed by atoms with Gasteiger partial charge < -0.3 is 15.6 Å². The van der Waals surface area contributed by atoms with Crippen molar-refractivity contribution in [1.82, 2.24) is 15.3 Å². The molecule has 1 saturated carbocycles. The summed E-state index contributed by atoms with van der Waals surface area (Å²) in [5.41, 5.74) is 0.788. The van der Waals surface area contributed by atoms with Gasteiger partial charge in [0.05, 0.1) is 17.8 Å². The highest BCUT2D eigenvalue weighted by atomic mass is 19.4. The van der Waals surface area contributed by atoms with Crippen LogP contribution in [0.3, 0.4) is 0 Å². The summed E-state index contributed by atoms with van der Waals surface area (Å²) in [5, 5.41) is 5.66. The molecule has 0 radical (unpaired) electrons. The number of alkyl halides is 3. The summed E-state index contributed by atoms with van der Waals surface area (Å²) in [7, 11) is 0. The molecular formula is C15H16F4N4O. The lowest BCUT2D eigenvalue weighted by molar-refractivity contribution is -0.182. The van der Waals surface area contributed by atoms with E-state index in [1.165, 1.54) is 12.3 Å². The van der Waals surface area contributed by atoms with E-state index in [1.54, 1.807) is 0 Å². The van der Waals surface area contributed by atoms with E-state index in [0.29, 0.717) is 16.7 Å². The molecule has 2 amide bonds. The van der Waals surface area contributed by atoms with Gasteiger partial charge in [-0.25, -0.2) is 14.2 Å². The van der Waals surface area contributed by atoms with Gasteiger partial charge in [0, 0.05) is 17.6 Å². The molecular weight excluding hydrogens is 328 g/mol. The zero-order valence-corrected chi connectivity index (χ0v) is 12.6. The minimum absolute atomic E-state index is 0.0106. The first kappa shape index (κ1) is 16.5. The Morgan fingerprint density at radius 1 is 1.25 bits per heavy atom. The fourth-order valence-electron chi connectivity index (χ4n) is 2.99. The second-order valence-corrected chi connectivity index (χ2v) is 5.94. The molecule has 3 rings (SSSR count). The molecule has 0 atom stereocenters. The maximum absolute atomic E-state index is 13.2. The first-order chi connectivity index (χ1) is 11.3. The predicted molar refractivity (Wildman–Crippen MR) is 80.0 cm³/mol. The van der Waals surface area contributed by atoms with Crippen LogP contribution in [0.5, 0.6) is 0 Å². The number of amides is 2. The number of H-pyrrole nitrogens is 1. The van der Waals surface area contributed by atoms with Gasteiger partial charge in [0.1, 0.15) is 11.5 Å². The summed E-state index contributed by atoms with van der Waals surface area (Å²) in [6.07, 6.45) is -1.05. The van der Waals surface area contributed by atoms with E-state index in [-0.39, 0.29) is 31.7 Å². The Morgan fingerprint density at radius 3 is 2.62 bits per heavy atom. The Kier molecular flexibility index (Phi) is 4.33. The predicted octanol–water partition coefficient (Wildman–Crippen LogP) is 3.94. The number of nitrogens with one attached hydrogen (secondary N) is 3. The molecule has 1 aliphatic rings. The summed E-state index contributed by atoms with van der Waals surface area (Å²) in [6, 6.07) is 0.405. The molecule has 0 unspecified atom stereocenters. The van der Waals surface area contributed by atoms with Crippen molar-refractivity contribution in [3.63, 3.8) is 0 Å². The normalized spacial score (nSPS) is 21.7. The quantitative estimate of drug-likeness (QED) is 0.722. The highest BCUT2D eigenvalue weighted by molar-refractivity contribution is 5.99. The monoisotopic (exact) mass is 344 g/mol. The van der Waals surface area contributed by atoms with Gasteiger partial charge in [0.2, 0.25) is 0 Å². The Bertz CT molecular complexity index is 735. The van der Waals surface area contributed by atoms with Crippen molar-refractivity contribution >= 4 is 22.8 Å². The third kappa shape index (κ3) is 3.60. The van der Waals surface area contributed by atoms with Crippen LogP contribution in [0.1, 0.15) is 25.7 Å². The van der Waals surface area contributed by atoms with Crippen molar-refractivity contribution in [1.29, 1.82) is 0 Å². The van der Waals surface area contributed by atoms with Gasteiger partial charge in [0.25, 0.3) is 0 Å². The van der Waals surface area contributed by atoms with Gasteiger partial charge in [-0.05, 0) is 31.7 Å². The molecule has 0 bridgehead atoms. The Morgan fingerprint density at radius 2 is 1.96 bits per heavy atom. The number of nitrogens with zero attached hydrogens (tertiary/aromatic N) is 1. The van der Waals surface area contributed by atoms with Crippen LogP contribution in [0.2, 0.25) is 0 Å². The second kappa shape index (κ2) is 6.29. The number of halogens is 4. The molecule has 1 fully saturated rings. The van der Waals surface area contributed by atoms with Crippen molar-refractivity contribution in [2.24, 2.45) is 5.92 Å². The van der Waals surface area contributed by atoms with Crippen molar-refractivity contribution < 1.29 is 22.4 Å². The van der Waals surface area contributed by atoms with Crippen molar-refractivity contribution in [3.8, 4) is 0 Å². The van der Waals surface area contributed by atoms with Gasteiger partial charge in [-0.2, -0.15) is 13.2 Å². The van der Waals surface area contributed by atoms with Crippen molar-refractivity contribution in [2.75, 3.05) is 5.32 Å². The SMILES string of the molecule is O=C(Nc1c[nH]c2ncc(F)cc12)NC1CCC(C(F)(F)F)CC1. The van der Waals surface area contributed by atoms with Crippen LogP contribution in [-0.4, -0.2) is 28.2 Å². The fraction of sp³-hybridized carbons (Fsp3) is 0.467. The number of hydrogen-bond acceptors (Lipinski definition) is 2. The topological polar surface area (TPSA) is 69.8 Å². The minimum Gasteiger partial charge on any atom is -0.344 e. The Labute approximate surface area is 134 Å². The molecule has 3 N–H and O–H groups in total. The molecule has 0 aromatic carbocycles. The number of fused-ring (bicyclic) bond motifs is 1. The third-order valence-electron chi connectivity index (χ3n) is 4.27. The molecule has 2 aromatic heterocycles. The number of carbonyl (C=O) groups is 1. The number of urea groups is 1. The third-order valence-corrected chi connectivity index (χ3v) is 4.27. The average Bonchev–Trinajstić information content (AvgIpc) is 2.89. The van der Waals surface area contributed by atoms with E-state index in [4.69, 9.17) is 0 Å². The molecule has 130 valence electrons. The smallest absolute Gasteiger partial charge is 0.344 e. The van der Waals surface area contributed by atoms with Crippen LogP contribution < -0.4 is 10.6 Å². The molecule has 2 heterocycles. The van der Waals surface area contributed by atoms with E-state index in [0.717, 1.165) is 6.20 Å². The van der Waals surface area contributed by atoms with E-state index >= 15 is 0 Å². The van der Waals surface area contributed by atoms with Gasteiger partial charge in [0.15, 0.2) is 0 Å². The summed E-state index contributed by atoms with van der Waals surface area (Å²) in [5.74, 6) is -1.82. The second-order valence-electron chi connectivity index (χ2n) is 5.94. The maximum Gasteiger partial charge on any atom is 0.391 e. The summed E-state index contributed by atoms with van der Waals surface area (Å²) >= 11 is 0. The van der Waals surface area contributed by atoms with Crippen LogP contribution in [0.25, 0.3) is 11.0 Å². The zero-order chi connectivity index (χ0) is 17.3. The van der Waals surface area contributed by atoms with E-state index in [9.17, 15) is 22.4 Å². The Balaban J connectivity index is 1.57. The molecule has 1 aliphatic carbocycles. The number of aromatic nitrogens is 2. The molecule has 0 aliphatic heterocycles. The lowest BCUT2D eigenvalue weighted by Gasteiger charge is -2.30. The molecule has 2 aromatic rings. The fourth-order valence-corrected chi connectivity index (χ4v) is 2.99. The first-order valence-corrected chi connectivity index (χ1v) is 7.60. The Hall–Kier alpha value is -2.32. The lowest BCUT2D eigenvalue weighted by atomic mass is 9.86. The van der Waals surface area contributed by atoms with Crippen molar-refractivity contribution in [2.45, 2.75) is 37.9 Å². The van der Waals surface area contributed by atoms with Crippen LogP contribution in [-0.2, 0) is 0 Å². The zero-order valence-electron chi connectivity index (χ0n) is 12.6. The molecule has 0 spiro atoms. The molecule has 5 nitrogen and oxygen atoms in total. The number of hydrogen-bond donors (Lipinski definition) is 3. The van der Waals surface area contributed by atoms with Crippen LogP contribution in [0, 0.1) is 11.7 Å². The van der Waals surface area contributed by atoms with E-state index in [2.05, 4.69) is 20.6 Å². The molecule has 9 heteroatoms. The summed E-state index contributed by atoms with van der Waals surface area (Å²) in [6.45, 7) is 0. The molecule has 0 saturated heterocycles. The average molecular weight is 344 g/mol. The van der Waals surface area contributed by atoms with Gasteiger partial charge >= 0.3 is 12.2 Å².